The van der Waals surface area contributed by atoms with Crippen molar-refractivity contribution in [2.24, 2.45) is 5.73 Å². The van der Waals surface area contributed by atoms with Gasteiger partial charge in [-0.2, -0.15) is 0 Å². The second kappa shape index (κ2) is 5.92. The number of methoxy groups -OCH3 is 1. The average Bonchev–Trinajstić information content (AvgIpc) is 1.84. The van der Waals surface area contributed by atoms with Crippen molar-refractivity contribution >= 4 is 12.4 Å². The molecule has 0 heterocycles. The Bertz CT molecular complexity index is 78.1. The van der Waals surface area contributed by atoms with Gasteiger partial charge in [0.15, 0.2) is 0 Å². The first kappa shape index (κ1) is 12.8. The summed E-state index contributed by atoms with van der Waals surface area (Å²) in [5.74, 6) is 0. The first-order valence-corrected chi connectivity index (χ1v) is 2.95. The number of ether oxygens (including phenoxy) is 2. The van der Waals surface area contributed by atoms with Gasteiger partial charge >= 0.3 is 0 Å². The molecule has 0 unspecified atom stereocenters. The minimum atomic E-state index is -0.254. The molecule has 3 nitrogen and oxygen atoms in total. The fourth-order valence-electron chi connectivity index (χ4n) is 0.277. The van der Waals surface area contributed by atoms with Crippen LogP contribution in [-0.2, 0) is 9.47 Å². The van der Waals surface area contributed by atoms with Gasteiger partial charge in [-0.05, 0) is 13.8 Å². The maximum absolute atomic E-state index is 5.37. The third-order valence-electron chi connectivity index (χ3n) is 1.06. The Kier molecular flexibility index (Phi) is 7.58. The van der Waals surface area contributed by atoms with Crippen molar-refractivity contribution in [1.29, 1.82) is 0 Å². The van der Waals surface area contributed by atoms with Gasteiger partial charge in [0.25, 0.3) is 0 Å². The zero-order valence-electron chi connectivity index (χ0n) is 6.72. The molecular formula is C6H16ClNO2. The van der Waals surface area contributed by atoms with Crippen LogP contribution in [0.4, 0.5) is 0 Å². The van der Waals surface area contributed by atoms with Crippen molar-refractivity contribution in [2.75, 3.05) is 20.4 Å². The van der Waals surface area contributed by atoms with Crippen LogP contribution in [0.3, 0.4) is 0 Å². The summed E-state index contributed by atoms with van der Waals surface area (Å²) >= 11 is 0. The van der Waals surface area contributed by atoms with Gasteiger partial charge in [-0.15, -0.1) is 12.4 Å². The summed E-state index contributed by atoms with van der Waals surface area (Å²) in [5, 5.41) is 0. The summed E-state index contributed by atoms with van der Waals surface area (Å²) in [5.41, 5.74) is 5.11. The number of hydrogen-bond donors (Lipinski definition) is 1. The van der Waals surface area contributed by atoms with E-state index in [4.69, 9.17) is 15.2 Å². The predicted octanol–water partition coefficient (Wildman–Crippen LogP) is 0.766. The van der Waals surface area contributed by atoms with Crippen LogP contribution < -0.4 is 5.73 Å². The van der Waals surface area contributed by atoms with Crippen LogP contribution in [0.5, 0.6) is 0 Å². The Hall–Kier alpha value is 0.170. The Morgan fingerprint density at radius 3 is 2.20 bits per heavy atom. The molecule has 0 aliphatic rings. The molecule has 4 heteroatoms. The first-order chi connectivity index (χ1) is 4.12. The largest absolute Gasteiger partial charge is 0.359 e. The van der Waals surface area contributed by atoms with Crippen LogP contribution in [0.1, 0.15) is 13.8 Å². The third-order valence-corrected chi connectivity index (χ3v) is 1.06. The summed E-state index contributed by atoms with van der Waals surface area (Å²) < 4.78 is 9.88. The van der Waals surface area contributed by atoms with E-state index in [-0.39, 0.29) is 18.0 Å². The summed E-state index contributed by atoms with van der Waals surface area (Å²) in [6.07, 6.45) is 0. The number of rotatable bonds is 4. The van der Waals surface area contributed by atoms with E-state index in [0.717, 1.165) is 0 Å². The quantitative estimate of drug-likeness (QED) is 0.633. The topological polar surface area (TPSA) is 44.5 Å². The molecule has 0 rings (SSSR count). The highest BCUT2D eigenvalue weighted by atomic mass is 35.5. The molecular weight excluding hydrogens is 154 g/mol. The monoisotopic (exact) mass is 169 g/mol. The Morgan fingerprint density at radius 1 is 1.40 bits per heavy atom. The van der Waals surface area contributed by atoms with Crippen LogP contribution in [0.25, 0.3) is 0 Å². The maximum Gasteiger partial charge on any atom is 0.147 e. The Labute approximate surface area is 68.3 Å². The molecule has 0 aromatic heterocycles. The molecule has 0 atom stereocenters. The fourth-order valence-corrected chi connectivity index (χ4v) is 0.277. The minimum Gasteiger partial charge on any atom is -0.359 e. The summed E-state index contributed by atoms with van der Waals surface area (Å²) in [6.45, 7) is 4.67. The zero-order chi connectivity index (χ0) is 7.33. The highest BCUT2D eigenvalue weighted by Crippen LogP contribution is 2.04. The van der Waals surface area contributed by atoms with Gasteiger partial charge in [-0.3, -0.25) is 0 Å². The highest BCUT2D eigenvalue weighted by molar-refractivity contribution is 5.85. The van der Waals surface area contributed by atoms with Gasteiger partial charge in [0.1, 0.15) is 6.79 Å². The van der Waals surface area contributed by atoms with E-state index >= 15 is 0 Å². The Morgan fingerprint density at radius 2 is 1.90 bits per heavy atom. The first-order valence-electron chi connectivity index (χ1n) is 2.95. The third kappa shape index (κ3) is 6.29. The van der Waals surface area contributed by atoms with Crippen molar-refractivity contribution < 1.29 is 9.47 Å². The maximum atomic E-state index is 5.37. The summed E-state index contributed by atoms with van der Waals surface area (Å²) in [4.78, 5) is 0. The smallest absolute Gasteiger partial charge is 0.147 e. The van der Waals surface area contributed by atoms with Crippen LogP contribution in [0, 0.1) is 0 Å². The molecule has 0 aromatic rings. The molecule has 0 bridgehead atoms. The molecule has 0 amide bonds. The summed E-state index contributed by atoms with van der Waals surface area (Å²) in [7, 11) is 1.59. The normalized spacial score (nSPS) is 10.8. The lowest BCUT2D eigenvalue weighted by Gasteiger charge is -2.21. The van der Waals surface area contributed by atoms with Gasteiger partial charge in [0, 0.05) is 13.7 Å². The predicted molar refractivity (Wildman–Crippen MR) is 43.3 cm³/mol. The van der Waals surface area contributed by atoms with E-state index in [2.05, 4.69) is 0 Å². The fraction of sp³-hybridized carbons (Fsp3) is 1.00. The van der Waals surface area contributed by atoms with E-state index in [1.165, 1.54) is 0 Å². The molecule has 0 aromatic carbocycles. The van der Waals surface area contributed by atoms with Crippen molar-refractivity contribution in [2.45, 2.75) is 19.4 Å². The van der Waals surface area contributed by atoms with Gasteiger partial charge in [-0.25, -0.2) is 0 Å². The average molecular weight is 170 g/mol. The zero-order valence-corrected chi connectivity index (χ0v) is 7.53. The lowest BCUT2D eigenvalue weighted by molar-refractivity contribution is -0.109. The number of hydrogen-bond acceptors (Lipinski definition) is 3. The van der Waals surface area contributed by atoms with Crippen molar-refractivity contribution in [3.63, 3.8) is 0 Å². The molecule has 0 fully saturated rings. The van der Waals surface area contributed by atoms with E-state index in [1.807, 2.05) is 13.8 Å². The minimum absolute atomic E-state index is 0. The highest BCUT2D eigenvalue weighted by Gasteiger charge is 2.14. The van der Waals surface area contributed by atoms with Crippen molar-refractivity contribution in [3.8, 4) is 0 Å². The van der Waals surface area contributed by atoms with Crippen LogP contribution >= 0.6 is 12.4 Å². The van der Waals surface area contributed by atoms with Gasteiger partial charge in [0.05, 0.1) is 5.60 Å². The molecule has 0 aliphatic heterocycles. The molecule has 2 N–H and O–H groups in total. The van der Waals surface area contributed by atoms with Gasteiger partial charge in [-0.1, -0.05) is 0 Å². The molecule has 0 saturated heterocycles. The van der Waals surface area contributed by atoms with E-state index < -0.39 is 0 Å². The number of nitrogens with two attached hydrogens (primary N) is 1. The summed E-state index contributed by atoms with van der Waals surface area (Å²) in [6, 6.07) is 0. The SMILES string of the molecule is COCOC(C)(C)CN.Cl. The molecule has 10 heavy (non-hydrogen) atoms. The van der Waals surface area contributed by atoms with Crippen molar-refractivity contribution in [3.05, 3.63) is 0 Å². The van der Waals surface area contributed by atoms with Crippen LogP contribution in [-0.4, -0.2) is 26.0 Å². The van der Waals surface area contributed by atoms with E-state index in [0.29, 0.717) is 13.3 Å². The second-order valence-electron chi connectivity index (χ2n) is 2.51. The number of halogens is 1. The molecule has 0 radical (unpaired) electrons. The molecule has 0 aliphatic carbocycles. The van der Waals surface area contributed by atoms with Crippen molar-refractivity contribution in [1.82, 2.24) is 0 Å². The van der Waals surface area contributed by atoms with E-state index in [1.54, 1.807) is 7.11 Å². The van der Waals surface area contributed by atoms with Crippen LogP contribution in [0.2, 0.25) is 0 Å². The van der Waals surface area contributed by atoms with Crippen LogP contribution in [0.15, 0.2) is 0 Å². The van der Waals surface area contributed by atoms with Gasteiger partial charge < -0.3 is 15.2 Å². The van der Waals surface area contributed by atoms with E-state index in [9.17, 15) is 0 Å². The molecule has 0 spiro atoms. The molecule has 0 saturated carbocycles. The second-order valence-corrected chi connectivity index (χ2v) is 2.51. The van der Waals surface area contributed by atoms with Gasteiger partial charge in [0.2, 0.25) is 0 Å². The molecule has 64 valence electrons. The Balaban J connectivity index is 0. The lowest BCUT2D eigenvalue weighted by Crippen LogP contribution is -2.34. The standard InChI is InChI=1S/C6H15NO2.ClH/c1-6(2,4-7)9-5-8-3;/h4-5,7H2,1-3H3;1H. The lowest BCUT2D eigenvalue weighted by atomic mass is 10.1.